The van der Waals surface area contributed by atoms with Gasteiger partial charge in [0.05, 0.1) is 12.2 Å². The van der Waals surface area contributed by atoms with Crippen LogP contribution < -0.4 is 0 Å². The van der Waals surface area contributed by atoms with Crippen LogP contribution >= 0.6 is 0 Å². The van der Waals surface area contributed by atoms with E-state index in [1.165, 1.54) is 0 Å². The first-order valence-electron chi connectivity index (χ1n) is 7.14. The van der Waals surface area contributed by atoms with Gasteiger partial charge in [-0.1, -0.05) is 44.2 Å². The highest BCUT2D eigenvalue weighted by atomic mass is 16.3. The van der Waals surface area contributed by atoms with E-state index in [2.05, 4.69) is 0 Å². The lowest BCUT2D eigenvalue weighted by Crippen LogP contribution is -2.38. The predicted octanol–water partition coefficient (Wildman–Crippen LogP) is 2.00. The van der Waals surface area contributed by atoms with Crippen LogP contribution in [-0.4, -0.2) is 34.1 Å². The fourth-order valence-corrected chi connectivity index (χ4v) is 2.58. The van der Waals surface area contributed by atoms with Crippen molar-refractivity contribution in [2.24, 2.45) is 11.8 Å². The van der Waals surface area contributed by atoms with Crippen molar-refractivity contribution in [2.75, 3.05) is 6.61 Å². The summed E-state index contributed by atoms with van der Waals surface area (Å²) in [6.45, 7) is 3.87. The lowest BCUT2D eigenvalue weighted by molar-refractivity contribution is -0.0344. The van der Waals surface area contributed by atoms with Crippen LogP contribution in [0.4, 0.5) is 0 Å². The van der Waals surface area contributed by atoms with Gasteiger partial charge in [0.1, 0.15) is 0 Å². The van der Waals surface area contributed by atoms with Gasteiger partial charge in [0.15, 0.2) is 0 Å². The Balaban J connectivity index is 2.68. The maximum atomic E-state index is 10.3. The minimum atomic E-state index is -0.654. The molecule has 0 unspecified atom stereocenters. The fraction of sp³-hybridized carbons (Fsp3) is 0.625. The van der Waals surface area contributed by atoms with Gasteiger partial charge in [-0.15, -0.1) is 0 Å². The molecule has 0 saturated heterocycles. The Morgan fingerprint density at radius 1 is 1.00 bits per heavy atom. The summed E-state index contributed by atoms with van der Waals surface area (Å²) in [5, 5.41) is 29.9. The summed E-state index contributed by atoms with van der Waals surface area (Å²) in [5.41, 5.74) is 1.07. The second-order valence-electron chi connectivity index (χ2n) is 5.17. The molecular formula is C16H26O3. The van der Waals surface area contributed by atoms with Gasteiger partial charge in [0, 0.05) is 18.4 Å². The van der Waals surface area contributed by atoms with Gasteiger partial charge in [-0.2, -0.15) is 0 Å². The average Bonchev–Trinajstić information content (AvgIpc) is 2.42. The van der Waals surface area contributed by atoms with E-state index in [0.717, 1.165) is 5.56 Å². The van der Waals surface area contributed by atoms with E-state index >= 15 is 0 Å². The molecule has 108 valence electrons. The van der Waals surface area contributed by atoms with E-state index in [0.29, 0.717) is 19.3 Å². The number of hydrogen-bond acceptors (Lipinski definition) is 3. The van der Waals surface area contributed by atoms with Crippen LogP contribution in [0, 0.1) is 11.8 Å². The first kappa shape index (κ1) is 16.2. The van der Waals surface area contributed by atoms with E-state index in [9.17, 15) is 15.3 Å². The Bertz CT molecular complexity index is 335. The molecule has 0 radical (unpaired) electrons. The lowest BCUT2D eigenvalue weighted by Gasteiger charge is -2.31. The van der Waals surface area contributed by atoms with Gasteiger partial charge in [-0.3, -0.25) is 0 Å². The summed E-state index contributed by atoms with van der Waals surface area (Å²) in [6, 6.07) is 9.79. The highest BCUT2D eigenvalue weighted by molar-refractivity contribution is 5.15. The molecule has 0 aliphatic carbocycles. The summed E-state index contributed by atoms with van der Waals surface area (Å²) in [5.74, 6) is -0.354. The lowest BCUT2D eigenvalue weighted by atomic mass is 9.82. The third-order valence-electron chi connectivity index (χ3n) is 3.93. The predicted molar refractivity (Wildman–Crippen MR) is 76.8 cm³/mol. The largest absolute Gasteiger partial charge is 0.396 e. The van der Waals surface area contributed by atoms with Crippen LogP contribution in [0.15, 0.2) is 30.3 Å². The fourth-order valence-electron chi connectivity index (χ4n) is 2.58. The second kappa shape index (κ2) is 8.31. The minimum absolute atomic E-state index is 0.0355. The average molecular weight is 266 g/mol. The summed E-state index contributed by atoms with van der Waals surface area (Å²) >= 11 is 0. The molecule has 19 heavy (non-hydrogen) atoms. The monoisotopic (exact) mass is 266 g/mol. The smallest absolute Gasteiger partial charge is 0.0643 e. The molecule has 4 atom stereocenters. The topological polar surface area (TPSA) is 60.7 Å². The SMILES string of the molecule is CC[C@H](CO)[C@H](O)[C@@H](CC)[C@H](O)Cc1ccccc1. The molecular weight excluding hydrogens is 240 g/mol. The molecule has 3 nitrogen and oxygen atoms in total. The summed E-state index contributed by atoms with van der Waals surface area (Å²) in [4.78, 5) is 0. The number of benzene rings is 1. The van der Waals surface area contributed by atoms with Crippen molar-refractivity contribution in [3.8, 4) is 0 Å². The standard InChI is InChI=1S/C16H26O3/c1-3-13(11-17)16(19)14(4-2)15(18)10-12-8-6-5-7-9-12/h5-9,13-19H,3-4,10-11H2,1-2H3/t13-,14+,15-,16+/m1/s1. The molecule has 1 rings (SSSR count). The van der Waals surface area contributed by atoms with Crippen molar-refractivity contribution in [3.05, 3.63) is 35.9 Å². The first-order valence-corrected chi connectivity index (χ1v) is 7.14. The van der Waals surface area contributed by atoms with Gasteiger partial charge in [0.25, 0.3) is 0 Å². The quantitative estimate of drug-likeness (QED) is 0.674. The molecule has 0 bridgehead atoms. The van der Waals surface area contributed by atoms with Crippen LogP contribution in [0.25, 0.3) is 0 Å². The number of aliphatic hydroxyl groups is 3. The Kier molecular flexibility index (Phi) is 7.06. The molecule has 0 aliphatic rings. The summed E-state index contributed by atoms with van der Waals surface area (Å²) in [7, 11) is 0. The molecule has 1 aromatic rings. The van der Waals surface area contributed by atoms with Gasteiger partial charge < -0.3 is 15.3 Å². The van der Waals surface area contributed by atoms with Crippen molar-refractivity contribution in [2.45, 2.75) is 45.3 Å². The number of hydrogen-bond donors (Lipinski definition) is 3. The van der Waals surface area contributed by atoms with Crippen LogP contribution in [0.3, 0.4) is 0 Å². The van der Waals surface area contributed by atoms with E-state index in [1.807, 2.05) is 44.2 Å². The highest BCUT2D eigenvalue weighted by Crippen LogP contribution is 2.24. The maximum Gasteiger partial charge on any atom is 0.0643 e. The van der Waals surface area contributed by atoms with Gasteiger partial charge in [0.2, 0.25) is 0 Å². The van der Waals surface area contributed by atoms with Crippen LogP contribution in [-0.2, 0) is 6.42 Å². The molecule has 3 heteroatoms. The second-order valence-corrected chi connectivity index (χ2v) is 5.17. The molecule has 1 aromatic carbocycles. The van der Waals surface area contributed by atoms with Gasteiger partial charge >= 0.3 is 0 Å². The Labute approximate surface area is 115 Å². The van der Waals surface area contributed by atoms with Gasteiger partial charge in [-0.25, -0.2) is 0 Å². The Morgan fingerprint density at radius 2 is 1.63 bits per heavy atom. The highest BCUT2D eigenvalue weighted by Gasteiger charge is 2.30. The molecule has 0 heterocycles. The molecule has 0 saturated carbocycles. The normalized spacial score (nSPS) is 17.7. The van der Waals surface area contributed by atoms with E-state index in [-0.39, 0.29) is 18.4 Å². The molecule has 0 aromatic heterocycles. The van der Waals surface area contributed by atoms with Crippen molar-refractivity contribution in [3.63, 3.8) is 0 Å². The molecule has 0 amide bonds. The third kappa shape index (κ3) is 4.60. The zero-order chi connectivity index (χ0) is 14.3. The van der Waals surface area contributed by atoms with Crippen molar-refractivity contribution < 1.29 is 15.3 Å². The van der Waals surface area contributed by atoms with Crippen molar-refractivity contribution >= 4 is 0 Å². The zero-order valence-electron chi connectivity index (χ0n) is 11.9. The van der Waals surface area contributed by atoms with Crippen molar-refractivity contribution in [1.82, 2.24) is 0 Å². The Hall–Kier alpha value is -0.900. The van der Waals surface area contributed by atoms with E-state index in [1.54, 1.807) is 0 Å². The first-order chi connectivity index (χ1) is 9.13. The number of rotatable bonds is 8. The van der Waals surface area contributed by atoms with Crippen molar-refractivity contribution in [1.29, 1.82) is 0 Å². The van der Waals surface area contributed by atoms with E-state index < -0.39 is 12.2 Å². The molecule has 0 spiro atoms. The van der Waals surface area contributed by atoms with Crippen LogP contribution in [0.5, 0.6) is 0 Å². The Morgan fingerprint density at radius 3 is 2.11 bits per heavy atom. The molecule has 0 aliphatic heterocycles. The minimum Gasteiger partial charge on any atom is -0.396 e. The summed E-state index contributed by atoms with van der Waals surface area (Å²) < 4.78 is 0. The summed E-state index contributed by atoms with van der Waals surface area (Å²) in [6.07, 6.45) is 0.720. The number of aliphatic hydroxyl groups excluding tert-OH is 3. The van der Waals surface area contributed by atoms with Gasteiger partial charge in [-0.05, 0) is 24.8 Å². The maximum absolute atomic E-state index is 10.3. The molecule has 3 N–H and O–H groups in total. The van der Waals surface area contributed by atoms with Crippen LogP contribution in [0.1, 0.15) is 32.3 Å². The third-order valence-corrected chi connectivity index (χ3v) is 3.93. The van der Waals surface area contributed by atoms with Crippen LogP contribution in [0.2, 0.25) is 0 Å². The zero-order valence-corrected chi connectivity index (χ0v) is 11.9. The molecule has 0 fully saturated rings. The van der Waals surface area contributed by atoms with E-state index in [4.69, 9.17) is 0 Å².